The van der Waals surface area contributed by atoms with Crippen molar-refractivity contribution in [2.24, 2.45) is 0 Å². The van der Waals surface area contributed by atoms with Gasteiger partial charge in [-0.25, -0.2) is 0 Å². The SMILES string of the molecule is Cc1cc(C)c(C(=O)CCCC(=O)NC(C)c2ccccn2)c(C)c1. The van der Waals surface area contributed by atoms with Gasteiger partial charge in [-0.15, -0.1) is 0 Å². The molecule has 4 nitrogen and oxygen atoms in total. The van der Waals surface area contributed by atoms with Crippen molar-refractivity contribution < 1.29 is 9.59 Å². The zero-order valence-electron chi connectivity index (χ0n) is 15.4. The molecule has 0 bridgehead atoms. The third-order valence-electron chi connectivity index (χ3n) is 4.27. The van der Waals surface area contributed by atoms with Crippen LogP contribution in [0.1, 0.15) is 65.0 Å². The molecule has 0 aliphatic rings. The number of carbonyl (C=O) groups is 2. The van der Waals surface area contributed by atoms with Crippen molar-refractivity contribution in [3.05, 3.63) is 64.5 Å². The third-order valence-corrected chi connectivity index (χ3v) is 4.27. The van der Waals surface area contributed by atoms with Crippen molar-refractivity contribution in [3.63, 3.8) is 0 Å². The Hall–Kier alpha value is -2.49. The first-order chi connectivity index (χ1) is 11.9. The largest absolute Gasteiger partial charge is 0.348 e. The molecule has 0 aliphatic carbocycles. The summed E-state index contributed by atoms with van der Waals surface area (Å²) in [6, 6.07) is 9.56. The quantitative estimate of drug-likeness (QED) is 0.768. The number of amides is 1. The smallest absolute Gasteiger partial charge is 0.220 e. The van der Waals surface area contributed by atoms with E-state index < -0.39 is 0 Å². The van der Waals surface area contributed by atoms with Crippen LogP contribution in [-0.4, -0.2) is 16.7 Å². The van der Waals surface area contributed by atoms with Crippen molar-refractivity contribution in [2.45, 2.75) is 53.0 Å². The molecule has 1 atom stereocenters. The number of aromatic nitrogens is 1. The van der Waals surface area contributed by atoms with Gasteiger partial charge in [0.15, 0.2) is 5.78 Å². The number of benzene rings is 1. The van der Waals surface area contributed by atoms with E-state index in [2.05, 4.69) is 10.3 Å². The van der Waals surface area contributed by atoms with E-state index in [4.69, 9.17) is 0 Å². The standard InChI is InChI=1S/C21H26N2O2/c1-14-12-15(2)21(16(3)13-14)19(24)9-7-10-20(25)23-17(4)18-8-5-6-11-22-18/h5-6,8,11-13,17H,7,9-10H2,1-4H3,(H,23,25). The predicted octanol–water partition coefficient (Wildman–Crippen LogP) is 4.24. The highest BCUT2D eigenvalue weighted by Crippen LogP contribution is 2.19. The highest BCUT2D eigenvalue weighted by atomic mass is 16.1. The lowest BCUT2D eigenvalue weighted by Crippen LogP contribution is -2.27. The maximum absolute atomic E-state index is 12.5. The third kappa shape index (κ3) is 5.24. The Morgan fingerprint density at radius 3 is 2.36 bits per heavy atom. The average molecular weight is 338 g/mol. The summed E-state index contributed by atoms with van der Waals surface area (Å²) >= 11 is 0. The van der Waals surface area contributed by atoms with Gasteiger partial charge in [0.1, 0.15) is 0 Å². The van der Waals surface area contributed by atoms with Gasteiger partial charge in [0.2, 0.25) is 5.91 Å². The van der Waals surface area contributed by atoms with Gasteiger partial charge in [0, 0.05) is 24.6 Å². The maximum Gasteiger partial charge on any atom is 0.220 e. The zero-order chi connectivity index (χ0) is 18.4. The second-order valence-corrected chi connectivity index (χ2v) is 6.59. The van der Waals surface area contributed by atoms with Crippen molar-refractivity contribution in [1.82, 2.24) is 10.3 Å². The number of nitrogens with one attached hydrogen (secondary N) is 1. The molecule has 132 valence electrons. The van der Waals surface area contributed by atoms with Crippen molar-refractivity contribution >= 4 is 11.7 Å². The Kier molecular flexibility index (Phi) is 6.45. The minimum atomic E-state index is -0.133. The number of Topliss-reactive ketones (excluding diaryl/α,β-unsaturated/α-hetero) is 1. The average Bonchev–Trinajstić information content (AvgIpc) is 2.54. The van der Waals surface area contributed by atoms with E-state index in [1.54, 1.807) is 6.20 Å². The molecule has 0 radical (unpaired) electrons. The number of hydrogen-bond acceptors (Lipinski definition) is 3. The van der Waals surface area contributed by atoms with Crippen molar-refractivity contribution in [1.29, 1.82) is 0 Å². The van der Waals surface area contributed by atoms with E-state index in [1.165, 1.54) is 0 Å². The Morgan fingerprint density at radius 2 is 1.76 bits per heavy atom. The summed E-state index contributed by atoms with van der Waals surface area (Å²) in [5.41, 5.74) is 4.81. The van der Waals surface area contributed by atoms with Gasteiger partial charge in [-0.1, -0.05) is 23.8 Å². The lowest BCUT2D eigenvalue weighted by atomic mass is 9.94. The summed E-state index contributed by atoms with van der Waals surface area (Å²) in [5.74, 6) is 0.0591. The van der Waals surface area contributed by atoms with Crippen LogP contribution in [-0.2, 0) is 4.79 Å². The molecule has 25 heavy (non-hydrogen) atoms. The Labute approximate surface area is 149 Å². The normalized spacial score (nSPS) is 11.8. The van der Waals surface area contributed by atoms with Gasteiger partial charge in [-0.3, -0.25) is 14.6 Å². The molecule has 4 heteroatoms. The number of ketones is 1. The highest BCUT2D eigenvalue weighted by molar-refractivity contribution is 5.99. The molecule has 0 aliphatic heterocycles. The number of nitrogens with zero attached hydrogens (tertiary/aromatic N) is 1. The predicted molar refractivity (Wildman–Crippen MR) is 99.6 cm³/mol. The molecule has 1 amide bonds. The summed E-state index contributed by atoms with van der Waals surface area (Å²) in [4.78, 5) is 28.8. The minimum absolute atomic E-state index is 0.0525. The fourth-order valence-corrected chi connectivity index (χ4v) is 3.17. The van der Waals surface area contributed by atoms with Crippen LogP contribution in [0.2, 0.25) is 0 Å². The fourth-order valence-electron chi connectivity index (χ4n) is 3.17. The fraction of sp³-hybridized carbons (Fsp3) is 0.381. The van der Waals surface area contributed by atoms with E-state index in [0.717, 1.165) is 27.9 Å². The van der Waals surface area contributed by atoms with Gasteiger partial charge in [-0.2, -0.15) is 0 Å². The molecule has 1 aromatic carbocycles. The topological polar surface area (TPSA) is 59.1 Å². The number of rotatable bonds is 7. The monoisotopic (exact) mass is 338 g/mol. The second kappa shape index (κ2) is 8.56. The van der Waals surface area contributed by atoms with Gasteiger partial charge in [0.05, 0.1) is 11.7 Å². The molecule has 1 heterocycles. The van der Waals surface area contributed by atoms with E-state index in [1.807, 2.05) is 58.0 Å². The molecule has 0 saturated carbocycles. The first-order valence-electron chi connectivity index (χ1n) is 8.70. The molecular weight excluding hydrogens is 312 g/mol. The Morgan fingerprint density at radius 1 is 1.08 bits per heavy atom. The molecule has 0 saturated heterocycles. The van der Waals surface area contributed by atoms with Gasteiger partial charge >= 0.3 is 0 Å². The van der Waals surface area contributed by atoms with Gasteiger partial charge < -0.3 is 5.32 Å². The van der Waals surface area contributed by atoms with Crippen LogP contribution in [0.5, 0.6) is 0 Å². The molecule has 0 fully saturated rings. The van der Waals surface area contributed by atoms with Crippen LogP contribution in [0.4, 0.5) is 0 Å². The molecule has 0 spiro atoms. The zero-order valence-corrected chi connectivity index (χ0v) is 15.4. The molecule has 1 unspecified atom stereocenters. The molecular formula is C21H26N2O2. The van der Waals surface area contributed by atoms with Crippen LogP contribution in [0, 0.1) is 20.8 Å². The summed E-state index contributed by atoms with van der Waals surface area (Å²) in [7, 11) is 0. The van der Waals surface area contributed by atoms with E-state index in [-0.39, 0.29) is 17.7 Å². The van der Waals surface area contributed by atoms with E-state index >= 15 is 0 Å². The first kappa shape index (κ1) is 18.8. The summed E-state index contributed by atoms with van der Waals surface area (Å²) < 4.78 is 0. The van der Waals surface area contributed by atoms with Crippen LogP contribution < -0.4 is 5.32 Å². The van der Waals surface area contributed by atoms with Crippen LogP contribution >= 0.6 is 0 Å². The lowest BCUT2D eigenvalue weighted by molar-refractivity contribution is -0.121. The maximum atomic E-state index is 12.5. The van der Waals surface area contributed by atoms with Gasteiger partial charge in [-0.05, 0) is 57.4 Å². The van der Waals surface area contributed by atoms with Crippen LogP contribution in [0.25, 0.3) is 0 Å². The molecule has 2 aromatic rings. The molecule has 1 N–H and O–H groups in total. The minimum Gasteiger partial charge on any atom is -0.348 e. The summed E-state index contributed by atoms with van der Waals surface area (Å²) in [5, 5.41) is 2.93. The van der Waals surface area contributed by atoms with Crippen molar-refractivity contribution in [2.75, 3.05) is 0 Å². The Bertz CT molecular complexity index is 731. The Balaban J connectivity index is 1.84. The second-order valence-electron chi connectivity index (χ2n) is 6.59. The number of aryl methyl sites for hydroxylation is 3. The number of carbonyl (C=O) groups excluding carboxylic acids is 2. The van der Waals surface area contributed by atoms with Crippen molar-refractivity contribution in [3.8, 4) is 0 Å². The number of hydrogen-bond donors (Lipinski definition) is 1. The van der Waals surface area contributed by atoms with Gasteiger partial charge in [0.25, 0.3) is 0 Å². The molecule has 2 rings (SSSR count). The number of pyridine rings is 1. The summed E-state index contributed by atoms with van der Waals surface area (Å²) in [6.07, 6.45) is 2.98. The molecule has 1 aromatic heterocycles. The van der Waals surface area contributed by atoms with Crippen LogP contribution in [0.15, 0.2) is 36.5 Å². The van der Waals surface area contributed by atoms with E-state index in [9.17, 15) is 9.59 Å². The van der Waals surface area contributed by atoms with E-state index in [0.29, 0.717) is 19.3 Å². The van der Waals surface area contributed by atoms with Crippen LogP contribution in [0.3, 0.4) is 0 Å². The lowest BCUT2D eigenvalue weighted by Gasteiger charge is -2.13. The summed E-state index contributed by atoms with van der Waals surface area (Å²) in [6.45, 7) is 7.87. The first-order valence-corrected chi connectivity index (χ1v) is 8.70. The highest BCUT2D eigenvalue weighted by Gasteiger charge is 2.14.